The van der Waals surface area contributed by atoms with Gasteiger partial charge in [-0.15, -0.1) is 0 Å². The van der Waals surface area contributed by atoms with Crippen molar-refractivity contribution in [3.05, 3.63) is 54.1 Å². The summed E-state index contributed by atoms with van der Waals surface area (Å²) in [6, 6.07) is 15.9. The molecule has 1 aliphatic carbocycles. The van der Waals surface area contributed by atoms with Gasteiger partial charge in [-0.2, -0.15) is 0 Å². The molecule has 3 atom stereocenters. The highest BCUT2D eigenvalue weighted by Crippen LogP contribution is 2.39. The van der Waals surface area contributed by atoms with E-state index in [1.54, 1.807) is 14.2 Å². The normalized spacial score (nSPS) is 20.5. The van der Waals surface area contributed by atoms with Gasteiger partial charge in [-0.25, -0.2) is 0 Å². The summed E-state index contributed by atoms with van der Waals surface area (Å²) in [5.41, 5.74) is 0.909. The van der Waals surface area contributed by atoms with Crippen LogP contribution in [-0.4, -0.2) is 48.2 Å². The molecule has 2 aromatic carbocycles. The molecular formula is C28H37O6Si. The Hall–Kier alpha value is -2.64. The smallest absolute Gasteiger partial charge is 0.305 e. The highest BCUT2D eigenvalue weighted by molar-refractivity contribution is 6.70. The Morgan fingerprint density at radius 3 is 2.34 bits per heavy atom. The number of hydrogen-bond donors (Lipinski definition) is 0. The summed E-state index contributed by atoms with van der Waals surface area (Å²) in [5.74, 6) is 0.541. The number of methoxy groups -OCH3 is 3. The van der Waals surface area contributed by atoms with Crippen LogP contribution in [0.4, 0.5) is 0 Å². The number of carbonyl (C=O) groups is 2. The Balaban J connectivity index is 1.95. The van der Waals surface area contributed by atoms with Gasteiger partial charge in [-0.1, -0.05) is 57.2 Å². The molecule has 1 radical (unpaired) electrons. The number of rotatable bonds is 9. The van der Waals surface area contributed by atoms with Crippen LogP contribution >= 0.6 is 0 Å². The fourth-order valence-corrected chi connectivity index (χ4v) is 7.27. The standard InChI is InChI=1S/C28H37O6Si/c1-28(2,3)35(21-10-8-7-9-11-21)34-25-15-14-24(29)22(23(25)18-27(30)33-6)16-19-12-13-20(31-4)17-26(19)32-5/h7-13,17,22-23,25H,14-16,18H2,1-6H3/t22-,23+,25+/m0/s1. The fraction of sp³-hybridized carbons (Fsp3) is 0.500. The van der Waals surface area contributed by atoms with Gasteiger partial charge in [0.2, 0.25) is 0 Å². The highest BCUT2D eigenvalue weighted by Gasteiger charge is 2.44. The van der Waals surface area contributed by atoms with Crippen molar-refractivity contribution in [3.63, 3.8) is 0 Å². The summed E-state index contributed by atoms with van der Waals surface area (Å²) in [6.07, 6.45) is 1.43. The molecule has 7 heteroatoms. The lowest BCUT2D eigenvalue weighted by atomic mass is 9.72. The number of esters is 1. The Morgan fingerprint density at radius 1 is 1.03 bits per heavy atom. The van der Waals surface area contributed by atoms with Crippen molar-refractivity contribution in [2.45, 2.75) is 57.6 Å². The lowest BCUT2D eigenvalue weighted by molar-refractivity contribution is -0.145. The zero-order chi connectivity index (χ0) is 25.6. The Bertz CT molecular complexity index is 1000. The molecule has 6 nitrogen and oxygen atoms in total. The minimum atomic E-state index is -1.45. The van der Waals surface area contributed by atoms with Crippen LogP contribution in [0.3, 0.4) is 0 Å². The molecule has 0 aliphatic heterocycles. The predicted molar refractivity (Wildman–Crippen MR) is 138 cm³/mol. The van der Waals surface area contributed by atoms with Gasteiger partial charge in [0.15, 0.2) is 0 Å². The first-order valence-corrected chi connectivity index (χ1v) is 13.5. The van der Waals surface area contributed by atoms with Gasteiger partial charge in [-0.3, -0.25) is 9.59 Å². The van der Waals surface area contributed by atoms with Crippen LogP contribution < -0.4 is 14.7 Å². The molecule has 1 fully saturated rings. The number of benzene rings is 2. The van der Waals surface area contributed by atoms with Gasteiger partial charge in [0, 0.05) is 30.4 Å². The molecule has 35 heavy (non-hydrogen) atoms. The van der Waals surface area contributed by atoms with Crippen LogP contribution in [0.2, 0.25) is 5.04 Å². The van der Waals surface area contributed by atoms with E-state index in [1.165, 1.54) is 12.3 Å². The summed E-state index contributed by atoms with van der Waals surface area (Å²) in [5, 5.41) is 1.12. The van der Waals surface area contributed by atoms with Gasteiger partial charge < -0.3 is 18.6 Å². The molecule has 0 N–H and O–H groups in total. The molecule has 0 aromatic heterocycles. The molecule has 1 saturated carbocycles. The summed E-state index contributed by atoms with van der Waals surface area (Å²) in [6.45, 7) is 6.58. The molecule has 1 aliphatic rings. The minimum absolute atomic E-state index is 0.0714. The number of carbonyl (C=O) groups excluding carboxylic acids is 2. The van der Waals surface area contributed by atoms with Crippen LogP contribution in [0.25, 0.3) is 0 Å². The van der Waals surface area contributed by atoms with Crippen molar-refractivity contribution in [1.82, 2.24) is 0 Å². The van der Waals surface area contributed by atoms with E-state index >= 15 is 0 Å². The van der Waals surface area contributed by atoms with E-state index in [-0.39, 0.29) is 41.2 Å². The third kappa shape index (κ3) is 6.73. The van der Waals surface area contributed by atoms with Crippen LogP contribution in [0.5, 0.6) is 11.5 Å². The molecular weight excluding hydrogens is 460 g/mol. The molecule has 0 amide bonds. The monoisotopic (exact) mass is 497 g/mol. The summed E-state index contributed by atoms with van der Waals surface area (Å²) >= 11 is 0. The van der Waals surface area contributed by atoms with Crippen LogP contribution in [0, 0.1) is 11.8 Å². The zero-order valence-corrected chi connectivity index (χ0v) is 22.6. The summed E-state index contributed by atoms with van der Waals surface area (Å²) in [4.78, 5) is 25.7. The van der Waals surface area contributed by atoms with Crippen molar-refractivity contribution < 1.29 is 28.2 Å². The maximum atomic E-state index is 13.2. The minimum Gasteiger partial charge on any atom is -0.497 e. The first-order chi connectivity index (χ1) is 16.7. The summed E-state index contributed by atoms with van der Waals surface area (Å²) in [7, 11) is 3.15. The maximum absolute atomic E-state index is 13.2. The van der Waals surface area contributed by atoms with Gasteiger partial charge >= 0.3 is 5.97 Å². The molecule has 2 aromatic rings. The molecule has 0 bridgehead atoms. The Kier molecular flexibility index (Phi) is 9.13. The van der Waals surface area contributed by atoms with Crippen LogP contribution in [-0.2, 0) is 25.2 Å². The Labute approximate surface area is 210 Å². The third-order valence-electron chi connectivity index (χ3n) is 6.63. The van der Waals surface area contributed by atoms with E-state index in [0.29, 0.717) is 30.8 Å². The van der Waals surface area contributed by atoms with E-state index in [1.807, 2.05) is 36.4 Å². The second-order valence-corrected chi connectivity index (χ2v) is 13.0. The first-order valence-electron chi connectivity index (χ1n) is 12.1. The molecule has 0 spiro atoms. The van der Waals surface area contributed by atoms with Crippen molar-refractivity contribution in [2.75, 3.05) is 21.3 Å². The highest BCUT2D eigenvalue weighted by atomic mass is 28.3. The van der Waals surface area contributed by atoms with E-state index in [2.05, 4.69) is 32.9 Å². The lowest BCUT2D eigenvalue weighted by Gasteiger charge is -2.41. The number of hydrogen-bond acceptors (Lipinski definition) is 6. The second-order valence-electron chi connectivity index (χ2n) is 10.0. The van der Waals surface area contributed by atoms with Crippen LogP contribution in [0.1, 0.15) is 45.6 Å². The second kappa shape index (κ2) is 11.9. The first kappa shape index (κ1) is 27.0. The fourth-order valence-electron chi connectivity index (χ4n) is 4.82. The van der Waals surface area contributed by atoms with E-state index in [9.17, 15) is 9.59 Å². The van der Waals surface area contributed by atoms with Gasteiger partial charge in [0.25, 0.3) is 9.04 Å². The average Bonchev–Trinajstić information content (AvgIpc) is 2.85. The molecule has 0 heterocycles. The van der Waals surface area contributed by atoms with Gasteiger partial charge in [0.05, 0.1) is 27.8 Å². The number of ketones is 1. The third-order valence-corrected chi connectivity index (χ3v) is 9.39. The molecule has 3 rings (SSSR count). The number of ether oxygens (including phenoxy) is 3. The lowest BCUT2D eigenvalue weighted by Crippen LogP contribution is -2.50. The number of Topliss-reactive ketones (excluding diaryl/α,β-unsaturated/α-hetero) is 1. The topological polar surface area (TPSA) is 71.1 Å². The van der Waals surface area contributed by atoms with Crippen molar-refractivity contribution in [1.29, 1.82) is 0 Å². The van der Waals surface area contributed by atoms with Crippen LogP contribution in [0.15, 0.2) is 48.5 Å². The van der Waals surface area contributed by atoms with E-state index in [0.717, 1.165) is 5.56 Å². The molecule has 189 valence electrons. The maximum Gasteiger partial charge on any atom is 0.305 e. The average molecular weight is 498 g/mol. The quantitative estimate of drug-likeness (QED) is 0.376. The van der Waals surface area contributed by atoms with Gasteiger partial charge in [0.1, 0.15) is 17.3 Å². The van der Waals surface area contributed by atoms with Crippen molar-refractivity contribution in [3.8, 4) is 11.5 Å². The van der Waals surface area contributed by atoms with Crippen molar-refractivity contribution in [2.24, 2.45) is 11.8 Å². The van der Waals surface area contributed by atoms with E-state index < -0.39 is 9.04 Å². The Morgan fingerprint density at radius 2 is 1.74 bits per heavy atom. The van der Waals surface area contributed by atoms with Crippen molar-refractivity contribution >= 4 is 26.0 Å². The SMILES string of the molecule is COC(=O)C[C@@H]1[C@H](Cc2ccc(OC)cc2OC)C(=O)CC[C@H]1O[Si](c1ccccc1)C(C)(C)C. The summed E-state index contributed by atoms with van der Waals surface area (Å²) < 4.78 is 22.8. The van der Waals surface area contributed by atoms with E-state index in [4.69, 9.17) is 18.6 Å². The predicted octanol–water partition coefficient (Wildman–Crippen LogP) is 4.49. The largest absolute Gasteiger partial charge is 0.497 e. The van der Waals surface area contributed by atoms with Gasteiger partial charge in [-0.05, 0) is 34.7 Å². The molecule has 0 saturated heterocycles. The zero-order valence-electron chi connectivity index (χ0n) is 21.6. The molecule has 0 unspecified atom stereocenters.